The highest BCUT2D eigenvalue weighted by Crippen LogP contribution is 2.38. The zero-order valence-corrected chi connectivity index (χ0v) is 18.3. The monoisotopic (exact) mass is 461 g/mol. The molecule has 1 aliphatic rings. The van der Waals surface area contributed by atoms with Crippen LogP contribution in [-0.4, -0.2) is 20.7 Å². The van der Waals surface area contributed by atoms with Crippen molar-refractivity contribution < 1.29 is 9.18 Å². The molecule has 1 amide bonds. The van der Waals surface area contributed by atoms with E-state index in [1.54, 1.807) is 16.8 Å². The number of rotatable bonds is 5. The molecule has 4 aromatic rings. The van der Waals surface area contributed by atoms with Crippen LogP contribution in [0.25, 0.3) is 0 Å². The number of nitrogens with zero attached hydrogens (tertiary/aromatic N) is 3. The van der Waals surface area contributed by atoms with Crippen molar-refractivity contribution in [2.45, 2.75) is 24.9 Å². The number of hydrogen-bond acceptors (Lipinski definition) is 4. The lowest BCUT2D eigenvalue weighted by Crippen LogP contribution is -2.28. The van der Waals surface area contributed by atoms with Crippen LogP contribution in [0.3, 0.4) is 0 Å². The van der Waals surface area contributed by atoms with E-state index in [2.05, 4.69) is 20.7 Å². The predicted molar refractivity (Wildman–Crippen MR) is 126 cm³/mol. The Morgan fingerprint density at radius 3 is 2.45 bits per heavy atom. The Hall–Kier alpha value is -3.71. The van der Waals surface area contributed by atoms with Crippen molar-refractivity contribution in [3.63, 3.8) is 0 Å². The SMILES string of the molecule is O=C(Cc1ccccc1)Nc1nc2n(n1)C(c1ccc(F)cc1)CC(c1ccc(Cl)cc1)N2. The summed E-state index contributed by atoms with van der Waals surface area (Å²) in [6.45, 7) is 0. The lowest BCUT2D eigenvalue weighted by atomic mass is 9.93. The Morgan fingerprint density at radius 1 is 1.03 bits per heavy atom. The molecule has 0 fully saturated rings. The molecule has 0 spiro atoms. The van der Waals surface area contributed by atoms with Gasteiger partial charge in [0, 0.05) is 5.02 Å². The maximum Gasteiger partial charge on any atom is 0.250 e. The van der Waals surface area contributed by atoms with Crippen molar-refractivity contribution in [3.8, 4) is 0 Å². The van der Waals surface area contributed by atoms with Crippen LogP contribution < -0.4 is 10.6 Å². The smallest absolute Gasteiger partial charge is 0.250 e. The van der Waals surface area contributed by atoms with Gasteiger partial charge < -0.3 is 5.32 Å². The van der Waals surface area contributed by atoms with Gasteiger partial charge in [0.2, 0.25) is 11.9 Å². The van der Waals surface area contributed by atoms with Gasteiger partial charge in [0.1, 0.15) is 5.82 Å². The molecular formula is C25H21ClFN5O. The largest absolute Gasteiger partial charge is 0.347 e. The molecule has 1 aliphatic heterocycles. The number of aromatic nitrogens is 3. The van der Waals surface area contributed by atoms with Crippen LogP contribution >= 0.6 is 11.6 Å². The van der Waals surface area contributed by atoms with Crippen molar-refractivity contribution in [1.29, 1.82) is 0 Å². The van der Waals surface area contributed by atoms with Gasteiger partial charge in [-0.05, 0) is 47.4 Å². The minimum atomic E-state index is -0.297. The van der Waals surface area contributed by atoms with E-state index >= 15 is 0 Å². The van der Waals surface area contributed by atoms with Crippen LogP contribution in [-0.2, 0) is 11.2 Å². The summed E-state index contributed by atoms with van der Waals surface area (Å²) in [5.74, 6) is 0.263. The summed E-state index contributed by atoms with van der Waals surface area (Å²) in [4.78, 5) is 17.1. The van der Waals surface area contributed by atoms with Crippen molar-refractivity contribution >= 4 is 29.4 Å². The fraction of sp³-hybridized carbons (Fsp3) is 0.160. The average molecular weight is 462 g/mol. The van der Waals surface area contributed by atoms with E-state index in [0.29, 0.717) is 17.4 Å². The van der Waals surface area contributed by atoms with Gasteiger partial charge in [-0.3, -0.25) is 10.1 Å². The van der Waals surface area contributed by atoms with Gasteiger partial charge in [-0.15, -0.1) is 5.10 Å². The van der Waals surface area contributed by atoms with Crippen molar-refractivity contribution in [1.82, 2.24) is 14.8 Å². The molecule has 3 aromatic carbocycles. The summed E-state index contributed by atoms with van der Waals surface area (Å²) < 4.78 is 15.3. The highest BCUT2D eigenvalue weighted by atomic mass is 35.5. The number of benzene rings is 3. The Labute approximate surface area is 195 Å². The number of fused-ring (bicyclic) bond motifs is 1. The Bertz CT molecular complexity index is 1260. The maximum absolute atomic E-state index is 13.5. The zero-order valence-electron chi connectivity index (χ0n) is 17.6. The number of halogens is 2. The number of carbonyl (C=O) groups excluding carboxylic acids is 1. The minimum absolute atomic E-state index is 0.0538. The molecule has 2 unspecified atom stereocenters. The van der Waals surface area contributed by atoms with Crippen LogP contribution in [0.15, 0.2) is 78.9 Å². The molecule has 0 saturated heterocycles. The van der Waals surface area contributed by atoms with Gasteiger partial charge in [0.25, 0.3) is 5.95 Å². The second kappa shape index (κ2) is 9.03. The summed E-state index contributed by atoms with van der Waals surface area (Å²) in [7, 11) is 0. The number of amides is 1. The van der Waals surface area contributed by atoms with Gasteiger partial charge >= 0.3 is 0 Å². The molecule has 2 N–H and O–H groups in total. The third-order valence-corrected chi connectivity index (χ3v) is 5.93. The zero-order chi connectivity index (χ0) is 22.8. The Kier molecular flexibility index (Phi) is 5.79. The Balaban J connectivity index is 1.43. The first-order chi connectivity index (χ1) is 16.0. The van der Waals surface area contributed by atoms with Crippen molar-refractivity contribution in [2.75, 3.05) is 10.6 Å². The molecule has 0 radical (unpaired) electrons. The van der Waals surface area contributed by atoms with Gasteiger partial charge in [0.15, 0.2) is 0 Å². The number of anilines is 2. The topological polar surface area (TPSA) is 71.8 Å². The maximum atomic E-state index is 13.5. The molecule has 6 nitrogen and oxygen atoms in total. The van der Waals surface area contributed by atoms with Crippen LogP contribution in [0.2, 0.25) is 5.02 Å². The van der Waals surface area contributed by atoms with Gasteiger partial charge in [-0.2, -0.15) is 4.98 Å². The predicted octanol–water partition coefficient (Wildman–Crippen LogP) is 5.40. The summed E-state index contributed by atoms with van der Waals surface area (Å²) in [6.07, 6.45) is 0.897. The quantitative estimate of drug-likeness (QED) is 0.417. The first-order valence-electron chi connectivity index (χ1n) is 10.6. The van der Waals surface area contributed by atoms with Crippen LogP contribution in [0.1, 0.15) is 35.2 Å². The molecule has 5 rings (SSSR count). The molecule has 0 aliphatic carbocycles. The second-order valence-electron chi connectivity index (χ2n) is 7.97. The first kappa shape index (κ1) is 21.2. The number of carbonyl (C=O) groups is 1. The number of nitrogens with one attached hydrogen (secondary N) is 2. The molecule has 8 heteroatoms. The lowest BCUT2D eigenvalue weighted by molar-refractivity contribution is -0.115. The minimum Gasteiger partial charge on any atom is -0.347 e. The summed E-state index contributed by atoms with van der Waals surface area (Å²) in [6, 6.07) is 23.3. The van der Waals surface area contributed by atoms with Gasteiger partial charge in [-0.25, -0.2) is 9.07 Å². The summed E-state index contributed by atoms with van der Waals surface area (Å²) in [5.41, 5.74) is 2.87. The lowest BCUT2D eigenvalue weighted by Gasteiger charge is -2.31. The summed E-state index contributed by atoms with van der Waals surface area (Å²) in [5, 5.41) is 11.4. The van der Waals surface area contributed by atoms with Crippen molar-refractivity contribution in [2.24, 2.45) is 0 Å². The third-order valence-electron chi connectivity index (χ3n) is 5.67. The third kappa shape index (κ3) is 4.73. The molecule has 0 bridgehead atoms. The van der Waals surface area contributed by atoms with Crippen LogP contribution in [0.4, 0.5) is 16.3 Å². The summed E-state index contributed by atoms with van der Waals surface area (Å²) >= 11 is 6.06. The highest BCUT2D eigenvalue weighted by molar-refractivity contribution is 6.30. The molecule has 166 valence electrons. The van der Waals surface area contributed by atoms with Gasteiger partial charge in [0.05, 0.1) is 18.5 Å². The molecular weight excluding hydrogens is 441 g/mol. The van der Waals surface area contributed by atoms with E-state index in [1.165, 1.54) is 12.1 Å². The standard InChI is InChI=1S/C25H21ClFN5O/c26-19-10-6-17(7-11-19)21-15-22(18-8-12-20(27)13-9-18)32-25(28-21)30-24(31-32)29-23(33)14-16-4-2-1-3-5-16/h1-13,21-22H,14-15H2,(H2,28,29,30,31,33). The van der Waals surface area contributed by atoms with E-state index in [-0.39, 0.29) is 36.2 Å². The molecule has 1 aromatic heterocycles. The van der Waals surface area contributed by atoms with Crippen LogP contribution in [0.5, 0.6) is 0 Å². The van der Waals surface area contributed by atoms with Crippen molar-refractivity contribution in [3.05, 3.63) is 106 Å². The van der Waals surface area contributed by atoms with E-state index in [4.69, 9.17) is 11.6 Å². The second-order valence-corrected chi connectivity index (χ2v) is 8.40. The fourth-order valence-electron chi connectivity index (χ4n) is 4.06. The average Bonchev–Trinajstić information content (AvgIpc) is 3.22. The molecule has 0 saturated carbocycles. The van der Waals surface area contributed by atoms with E-state index in [0.717, 1.165) is 16.7 Å². The van der Waals surface area contributed by atoms with Crippen LogP contribution in [0, 0.1) is 5.82 Å². The Morgan fingerprint density at radius 2 is 1.73 bits per heavy atom. The molecule has 2 heterocycles. The first-order valence-corrected chi connectivity index (χ1v) is 11.0. The van der Waals surface area contributed by atoms with Gasteiger partial charge in [-0.1, -0.05) is 66.2 Å². The highest BCUT2D eigenvalue weighted by Gasteiger charge is 2.31. The normalized spacial score (nSPS) is 17.2. The molecule has 33 heavy (non-hydrogen) atoms. The van der Waals surface area contributed by atoms with E-state index in [9.17, 15) is 9.18 Å². The van der Waals surface area contributed by atoms with E-state index < -0.39 is 0 Å². The fourth-order valence-corrected chi connectivity index (χ4v) is 4.18. The molecule has 2 atom stereocenters. The van der Waals surface area contributed by atoms with E-state index in [1.807, 2.05) is 54.6 Å². The number of hydrogen-bond donors (Lipinski definition) is 2.